The lowest BCUT2D eigenvalue weighted by Gasteiger charge is -2.35. The van der Waals surface area contributed by atoms with Crippen LogP contribution < -0.4 is 14.4 Å². The Morgan fingerprint density at radius 2 is 1.94 bits per heavy atom. The van der Waals surface area contributed by atoms with Gasteiger partial charge < -0.3 is 19.3 Å². The molecule has 0 N–H and O–H groups in total. The number of rotatable bonds is 7. The van der Waals surface area contributed by atoms with Gasteiger partial charge in [-0.25, -0.2) is 0 Å². The molecule has 9 heteroatoms. The first-order valence-electron chi connectivity index (χ1n) is 9.66. The van der Waals surface area contributed by atoms with Gasteiger partial charge in [-0.3, -0.25) is 14.9 Å². The van der Waals surface area contributed by atoms with E-state index in [4.69, 9.17) is 14.7 Å². The van der Waals surface area contributed by atoms with Crippen molar-refractivity contribution in [2.24, 2.45) is 0 Å². The zero-order chi connectivity index (χ0) is 22.2. The Kier molecular flexibility index (Phi) is 7.06. The van der Waals surface area contributed by atoms with Crippen LogP contribution in [0.2, 0.25) is 0 Å². The van der Waals surface area contributed by atoms with Crippen LogP contribution in [0.15, 0.2) is 48.5 Å². The van der Waals surface area contributed by atoms with Gasteiger partial charge in [0.25, 0.3) is 5.69 Å². The van der Waals surface area contributed by atoms with Gasteiger partial charge in [-0.1, -0.05) is 18.2 Å². The van der Waals surface area contributed by atoms with Crippen molar-refractivity contribution in [3.8, 4) is 17.6 Å². The molecule has 2 aromatic carbocycles. The number of carbonyl (C=O) groups is 1. The minimum Gasteiger partial charge on any atom is -0.493 e. The highest BCUT2D eigenvalue weighted by Crippen LogP contribution is 2.29. The maximum Gasteiger partial charge on any atom is 0.292 e. The molecule has 0 aromatic heterocycles. The second-order valence-electron chi connectivity index (χ2n) is 6.75. The summed E-state index contributed by atoms with van der Waals surface area (Å²) in [4.78, 5) is 27.1. The fraction of sp³-hybridized carbons (Fsp3) is 0.273. The molecule has 1 fully saturated rings. The Morgan fingerprint density at radius 3 is 2.61 bits per heavy atom. The minimum atomic E-state index is -0.388. The van der Waals surface area contributed by atoms with Gasteiger partial charge in [0, 0.05) is 38.3 Å². The lowest BCUT2D eigenvalue weighted by atomic mass is 10.1. The standard InChI is InChI=1S/C22H22N4O5/c1-30-21-16-17(6-8-20(21)31-15-10-23)7-9-22(27)25-13-11-24(12-14-25)18-4-2-3-5-19(18)26(28)29/h2-9,16H,11-15H2,1H3/b9-7+. The number of nitriles is 1. The fourth-order valence-electron chi connectivity index (χ4n) is 3.34. The minimum absolute atomic E-state index is 0.0679. The summed E-state index contributed by atoms with van der Waals surface area (Å²) < 4.78 is 10.6. The largest absolute Gasteiger partial charge is 0.493 e. The van der Waals surface area contributed by atoms with E-state index in [1.807, 2.05) is 11.0 Å². The van der Waals surface area contributed by atoms with Crippen molar-refractivity contribution < 1.29 is 19.2 Å². The Hall–Kier alpha value is -4.06. The van der Waals surface area contributed by atoms with Crippen LogP contribution in [-0.2, 0) is 4.79 Å². The summed E-state index contributed by atoms with van der Waals surface area (Å²) in [5.74, 6) is 0.799. The molecule has 0 atom stereocenters. The molecule has 0 unspecified atom stereocenters. The normalized spacial score (nSPS) is 13.7. The average molecular weight is 422 g/mol. The molecule has 0 bridgehead atoms. The monoisotopic (exact) mass is 422 g/mol. The van der Waals surface area contributed by atoms with Gasteiger partial charge >= 0.3 is 0 Å². The van der Waals surface area contributed by atoms with Crippen LogP contribution in [0.4, 0.5) is 11.4 Å². The molecule has 1 aliphatic rings. The highest BCUT2D eigenvalue weighted by Gasteiger charge is 2.24. The molecule has 31 heavy (non-hydrogen) atoms. The third-order valence-electron chi connectivity index (χ3n) is 4.91. The van der Waals surface area contributed by atoms with E-state index in [0.717, 1.165) is 5.56 Å². The molecule has 1 heterocycles. The molecule has 160 valence electrons. The summed E-state index contributed by atoms with van der Waals surface area (Å²) in [5.41, 5.74) is 1.40. The topological polar surface area (TPSA) is 109 Å². The predicted octanol–water partition coefficient (Wildman–Crippen LogP) is 2.87. The van der Waals surface area contributed by atoms with E-state index in [9.17, 15) is 14.9 Å². The Morgan fingerprint density at radius 1 is 1.19 bits per heavy atom. The number of hydrogen-bond acceptors (Lipinski definition) is 7. The van der Waals surface area contributed by atoms with Gasteiger partial charge in [0.05, 0.1) is 12.0 Å². The number of benzene rings is 2. The molecule has 0 spiro atoms. The van der Waals surface area contributed by atoms with E-state index < -0.39 is 0 Å². The fourth-order valence-corrected chi connectivity index (χ4v) is 3.34. The van der Waals surface area contributed by atoms with Crippen molar-refractivity contribution in [3.63, 3.8) is 0 Å². The van der Waals surface area contributed by atoms with E-state index >= 15 is 0 Å². The quantitative estimate of drug-likeness (QED) is 0.383. The van der Waals surface area contributed by atoms with Crippen LogP contribution in [-0.4, -0.2) is 55.6 Å². The summed E-state index contributed by atoms with van der Waals surface area (Å²) in [6, 6.07) is 13.7. The third kappa shape index (κ3) is 5.30. The van der Waals surface area contributed by atoms with Crippen molar-refractivity contribution in [1.82, 2.24) is 4.90 Å². The summed E-state index contributed by atoms with van der Waals surface area (Å²) in [6.45, 7) is 1.90. The van der Waals surface area contributed by atoms with Crippen molar-refractivity contribution in [2.75, 3.05) is 44.8 Å². The van der Waals surface area contributed by atoms with Crippen molar-refractivity contribution in [3.05, 3.63) is 64.2 Å². The average Bonchev–Trinajstić information content (AvgIpc) is 2.81. The Labute approximate surface area is 179 Å². The molecule has 0 saturated carbocycles. The summed E-state index contributed by atoms with van der Waals surface area (Å²) >= 11 is 0. The van der Waals surface area contributed by atoms with E-state index in [2.05, 4.69) is 0 Å². The third-order valence-corrected chi connectivity index (χ3v) is 4.91. The highest BCUT2D eigenvalue weighted by molar-refractivity contribution is 5.92. The smallest absolute Gasteiger partial charge is 0.292 e. The number of amides is 1. The lowest BCUT2D eigenvalue weighted by Crippen LogP contribution is -2.48. The number of hydrogen-bond donors (Lipinski definition) is 0. The van der Waals surface area contributed by atoms with Gasteiger partial charge in [0.15, 0.2) is 18.1 Å². The van der Waals surface area contributed by atoms with Gasteiger partial charge in [-0.05, 0) is 29.8 Å². The van der Waals surface area contributed by atoms with Crippen molar-refractivity contribution in [1.29, 1.82) is 5.26 Å². The molecule has 1 aliphatic heterocycles. The molecule has 2 aromatic rings. The van der Waals surface area contributed by atoms with Gasteiger partial charge in [0.1, 0.15) is 11.8 Å². The number of methoxy groups -OCH3 is 1. The Bertz CT molecular complexity index is 1020. The number of nitro benzene ring substituents is 1. The molecule has 0 radical (unpaired) electrons. The van der Waals surface area contributed by atoms with Crippen molar-refractivity contribution in [2.45, 2.75) is 0 Å². The molecule has 0 aliphatic carbocycles. The van der Waals surface area contributed by atoms with E-state index in [1.165, 1.54) is 19.3 Å². The molecule has 3 rings (SSSR count). The van der Waals surface area contributed by atoms with Crippen LogP contribution in [0.3, 0.4) is 0 Å². The van der Waals surface area contributed by atoms with Crippen LogP contribution in [0, 0.1) is 21.4 Å². The summed E-state index contributed by atoms with van der Waals surface area (Å²) in [5, 5.41) is 19.9. The number of nitro groups is 1. The van der Waals surface area contributed by atoms with Crippen LogP contribution in [0.5, 0.6) is 11.5 Å². The van der Waals surface area contributed by atoms with Crippen LogP contribution >= 0.6 is 0 Å². The molecule has 1 amide bonds. The molecule has 1 saturated heterocycles. The maximum absolute atomic E-state index is 12.6. The van der Waals surface area contributed by atoms with E-state index in [0.29, 0.717) is 43.4 Å². The second kappa shape index (κ2) is 10.1. The first-order chi connectivity index (χ1) is 15.0. The van der Waals surface area contributed by atoms with Gasteiger partial charge in [-0.15, -0.1) is 0 Å². The number of carbonyl (C=O) groups excluding carboxylic acids is 1. The first kappa shape index (κ1) is 21.6. The number of anilines is 1. The lowest BCUT2D eigenvalue weighted by molar-refractivity contribution is -0.384. The second-order valence-corrected chi connectivity index (χ2v) is 6.75. The number of para-hydroxylation sites is 2. The van der Waals surface area contributed by atoms with E-state index in [-0.39, 0.29) is 23.1 Å². The predicted molar refractivity (Wildman–Crippen MR) is 115 cm³/mol. The number of ether oxygens (including phenoxy) is 2. The SMILES string of the molecule is COc1cc(/C=C/C(=O)N2CCN(c3ccccc3[N+](=O)[O-])CC2)ccc1OCC#N. The number of nitrogens with zero attached hydrogens (tertiary/aromatic N) is 4. The molecule has 9 nitrogen and oxygen atoms in total. The van der Waals surface area contributed by atoms with Crippen LogP contribution in [0.1, 0.15) is 5.56 Å². The first-order valence-corrected chi connectivity index (χ1v) is 9.66. The Balaban J connectivity index is 1.61. The van der Waals surface area contributed by atoms with Crippen LogP contribution in [0.25, 0.3) is 6.08 Å². The molecular weight excluding hydrogens is 400 g/mol. The molecular formula is C22H22N4O5. The zero-order valence-corrected chi connectivity index (χ0v) is 17.1. The maximum atomic E-state index is 12.6. The highest BCUT2D eigenvalue weighted by atomic mass is 16.6. The van der Waals surface area contributed by atoms with Crippen molar-refractivity contribution >= 4 is 23.4 Å². The zero-order valence-electron chi connectivity index (χ0n) is 17.1. The van der Waals surface area contributed by atoms with Gasteiger partial charge in [-0.2, -0.15) is 5.26 Å². The van der Waals surface area contributed by atoms with E-state index in [1.54, 1.807) is 47.4 Å². The number of piperazine rings is 1. The summed E-state index contributed by atoms with van der Waals surface area (Å²) in [6.07, 6.45) is 3.18. The van der Waals surface area contributed by atoms with Gasteiger partial charge in [0.2, 0.25) is 5.91 Å². The summed E-state index contributed by atoms with van der Waals surface area (Å²) in [7, 11) is 1.50.